The van der Waals surface area contributed by atoms with Gasteiger partial charge in [-0.1, -0.05) is 42.5 Å². The molecule has 0 bridgehead atoms. The Morgan fingerprint density at radius 2 is 1.33 bits per heavy atom. The molecule has 0 unspecified atom stereocenters. The maximum atomic E-state index is 13.5. The summed E-state index contributed by atoms with van der Waals surface area (Å²) in [6, 6.07) is 23.3. The number of hydrogen-bond acceptors (Lipinski definition) is 4. The minimum absolute atomic E-state index is 0.113. The van der Waals surface area contributed by atoms with Gasteiger partial charge in [-0.2, -0.15) is 0 Å². The van der Waals surface area contributed by atoms with Crippen LogP contribution >= 0.6 is 0 Å². The van der Waals surface area contributed by atoms with Crippen LogP contribution < -0.4 is 5.32 Å². The highest BCUT2D eigenvalue weighted by Crippen LogP contribution is 2.30. The molecule has 0 aliphatic carbocycles. The molecule has 192 valence electrons. The maximum absolute atomic E-state index is 13.5. The van der Waals surface area contributed by atoms with Crippen LogP contribution in [-0.4, -0.2) is 66.8 Å². The predicted octanol–water partition coefficient (Wildman–Crippen LogP) is 5.36. The molecule has 0 aromatic heterocycles. The SMILES string of the molecule is O[C@H](CNc1ccccc1)CN1CCCN(CCCC(c2ccc(F)cc2)c2ccc(F)cc2)CC1. The number of aliphatic hydroxyl groups is 1. The van der Waals surface area contributed by atoms with Crippen molar-refractivity contribution < 1.29 is 13.9 Å². The first-order valence-corrected chi connectivity index (χ1v) is 13.0. The molecule has 0 radical (unpaired) electrons. The Kier molecular flexibility index (Phi) is 9.84. The molecule has 1 aliphatic heterocycles. The number of aliphatic hydroxyl groups excluding tert-OH is 1. The Balaban J connectivity index is 1.24. The van der Waals surface area contributed by atoms with Crippen molar-refractivity contribution in [2.24, 2.45) is 0 Å². The molecule has 3 aromatic rings. The number of nitrogens with zero attached hydrogens (tertiary/aromatic N) is 2. The summed E-state index contributed by atoms with van der Waals surface area (Å²) in [6.45, 7) is 6.17. The van der Waals surface area contributed by atoms with Crippen molar-refractivity contribution in [2.75, 3.05) is 51.1 Å². The molecule has 1 saturated heterocycles. The van der Waals surface area contributed by atoms with Gasteiger partial charge in [0.1, 0.15) is 11.6 Å². The van der Waals surface area contributed by atoms with Gasteiger partial charge in [-0.05, 0) is 86.4 Å². The molecule has 1 atom stereocenters. The van der Waals surface area contributed by atoms with Crippen LogP contribution in [0.3, 0.4) is 0 Å². The third-order valence-corrected chi connectivity index (χ3v) is 6.98. The molecule has 1 fully saturated rings. The van der Waals surface area contributed by atoms with Crippen molar-refractivity contribution >= 4 is 5.69 Å². The summed E-state index contributed by atoms with van der Waals surface area (Å²) in [6.07, 6.45) is 2.59. The van der Waals surface area contributed by atoms with Crippen molar-refractivity contribution in [2.45, 2.75) is 31.3 Å². The van der Waals surface area contributed by atoms with Crippen molar-refractivity contribution in [3.8, 4) is 0 Å². The summed E-state index contributed by atoms with van der Waals surface area (Å²) >= 11 is 0. The lowest BCUT2D eigenvalue weighted by Gasteiger charge is -2.25. The average molecular weight is 494 g/mol. The van der Waals surface area contributed by atoms with E-state index in [1.165, 1.54) is 24.3 Å². The van der Waals surface area contributed by atoms with Crippen molar-refractivity contribution in [1.29, 1.82) is 0 Å². The highest BCUT2D eigenvalue weighted by molar-refractivity contribution is 5.42. The summed E-state index contributed by atoms with van der Waals surface area (Å²) in [4.78, 5) is 4.86. The van der Waals surface area contributed by atoms with Gasteiger partial charge in [0.25, 0.3) is 0 Å². The molecule has 0 spiro atoms. The first kappa shape index (κ1) is 26.3. The zero-order chi connectivity index (χ0) is 25.2. The van der Waals surface area contributed by atoms with Gasteiger partial charge < -0.3 is 15.3 Å². The number of para-hydroxylation sites is 1. The van der Waals surface area contributed by atoms with Gasteiger partial charge in [0, 0.05) is 37.8 Å². The van der Waals surface area contributed by atoms with E-state index in [0.29, 0.717) is 13.1 Å². The number of nitrogens with one attached hydrogen (secondary N) is 1. The second-order valence-corrected chi connectivity index (χ2v) is 9.69. The lowest BCUT2D eigenvalue weighted by molar-refractivity contribution is 0.123. The zero-order valence-electron chi connectivity index (χ0n) is 20.8. The van der Waals surface area contributed by atoms with Gasteiger partial charge in [-0.15, -0.1) is 0 Å². The molecule has 0 saturated carbocycles. The summed E-state index contributed by atoms with van der Waals surface area (Å²) in [5, 5.41) is 13.8. The quantitative estimate of drug-likeness (QED) is 0.377. The van der Waals surface area contributed by atoms with Gasteiger partial charge >= 0.3 is 0 Å². The van der Waals surface area contributed by atoms with Crippen LogP contribution in [-0.2, 0) is 0 Å². The number of hydrogen-bond donors (Lipinski definition) is 2. The molecule has 36 heavy (non-hydrogen) atoms. The van der Waals surface area contributed by atoms with Crippen LogP contribution in [0.2, 0.25) is 0 Å². The van der Waals surface area contributed by atoms with E-state index in [2.05, 4.69) is 15.1 Å². The standard InChI is InChI=1S/C30H37F2N3O/c31-26-13-9-24(10-14-26)30(25-11-15-27(32)16-12-25)8-4-17-34-18-5-19-35(21-20-34)23-29(36)22-33-28-6-2-1-3-7-28/h1-3,6-7,9-16,29-30,33,36H,4-5,8,17-23H2/t29-/m1/s1. The van der Waals surface area contributed by atoms with E-state index in [1.807, 2.05) is 54.6 Å². The summed E-state index contributed by atoms with van der Waals surface area (Å²) in [7, 11) is 0. The minimum Gasteiger partial charge on any atom is -0.390 e. The molecule has 0 amide bonds. The third kappa shape index (κ3) is 8.12. The maximum Gasteiger partial charge on any atom is 0.123 e. The van der Waals surface area contributed by atoms with E-state index in [0.717, 1.165) is 68.8 Å². The first-order valence-electron chi connectivity index (χ1n) is 13.0. The van der Waals surface area contributed by atoms with E-state index in [-0.39, 0.29) is 17.6 Å². The second kappa shape index (κ2) is 13.5. The molecule has 1 heterocycles. The van der Waals surface area contributed by atoms with Gasteiger partial charge in [-0.25, -0.2) is 8.78 Å². The lowest BCUT2D eigenvalue weighted by atomic mass is 9.87. The van der Waals surface area contributed by atoms with E-state index in [9.17, 15) is 13.9 Å². The van der Waals surface area contributed by atoms with Crippen LogP contribution in [0.5, 0.6) is 0 Å². The highest BCUT2D eigenvalue weighted by atomic mass is 19.1. The van der Waals surface area contributed by atoms with Gasteiger partial charge in [-0.3, -0.25) is 4.90 Å². The fourth-order valence-electron chi connectivity index (χ4n) is 5.02. The van der Waals surface area contributed by atoms with Crippen molar-refractivity contribution in [3.63, 3.8) is 0 Å². The number of halogens is 2. The van der Waals surface area contributed by atoms with E-state index >= 15 is 0 Å². The average Bonchev–Trinajstić information content (AvgIpc) is 3.12. The van der Waals surface area contributed by atoms with E-state index in [4.69, 9.17) is 0 Å². The first-order chi connectivity index (χ1) is 17.6. The van der Waals surface area contributed by atoms with Gasteiger partial charge in [0.05, 0.1) is 6.10 Å². The zero-order valence-corrected chi connectivity index (χ0v) is 20.8. The normalized spacial score (nSPS) is 16.1. The highest BCUT2D eigenvalue weighted by Gasteiger charge is 2.19. The van der Waals surface area contributed by atoms with Crippen LogP contribution in [0.15, 0.2) is 78.9 Å². The number of benzene rings is 3. The van der Waals surface area contributed by atoms with Crippen LogP contribution in [0, 0.1) is 11.6 Å². The van der Waals surface area contributed by atoms with Crippen molar-refractivity contribution in [1.82, 2.24) is 9.80 Å². The molecule has 1 aliphatic rings. The third-order valence-electron chi connectivity index (χ3n) is 6.98. The number of β-amino-alcohol motifs (C(OH)–C–C–N with tert-alkyl or cyclic N) is 1. The molecular formula is C30H37F2N3O. The fraction of sp³-hybridized carbons (Fsp3) is 0.400. The Hall–Kier alpha value is -2.80. The van der Waals surface area contributed by atoms with Gasteiger partial charge in [0.15, 0.2) is 0 Å². The Labute approximate surface area is 213 Å². The number of rotatable bonds is 11. The Bertz CT molecular complexity index is 985. The van der Waals surface area contributed by atoms with Crippen LogP contribution in [0.25, 0.3) is 0 Å². The molecular weight excluding hydrogens is 456 g/mol. The lowest BCUT2D eigenvalue weighted by Crippen LogP contribution is -2.38. The monoisotopic (exact) mass is 493 g/mol. The van der Waals surface area contributed by atoms with E-state index in [1.54, 1.807) is 0 Å². The fourth-order valence-corrected chi connectivity index (χ4v) is 5.02. The van der Waals surface area contributed by atoms with E-state index < -0.39 is 6.10 Å². The summed E-state index contributed by atoms with van der Waals surface area (Å²) < 4.78 is 27.0. The molecule has 4 rings (SSSR count). The van der Waals surface area contributed by atoms with Crippen LogP contribution in [0.1, 0.15) is 36.3 Å². The molecule has 2 N–H and O–H groups in total. The van der Waals surface area contributed by atoms with Crippen LogP contribution in [0.4, 0.5) is 14.5 Å². The smallest absolute Gasteiger partial charge is 0.123 e. The topological polar surface area (TPSA) is 38.7 Å². The van der Waals surface area contributed by atoms with Gasteiger partial charge in [0.2, 0.25) is 0 Å². The molecule has 3 aromatic carbocycles. The number of anilines is 1. The minimum atomic E-state index is -0.413. The van der Waals surface area contributed by atoms with Crippen molar-refractivity contribution in [3.05, 3.63) is 102 Å². The summed E-state index contributed by atoms with van der Waals surface area (Å²) in [5.74, 6) is -0.375. The second-order valence-electron chi connectivity index (χ2n) is 9.69. The molecule has 4 nitrogen and oxygen atoms in total. The Morgan fingerprint density at radius 1 is 0.750 bits per heavy atom. The predicted molar refractivity (Wildman–Crippen MR) is 142 cm³/mol. The Morgan fingerprint density at radius 3 is 1.97 bits per heavy atom. The summed E-state index contributed by atoms with van der Waals surface area (Å²) in [5.41, 5.74) is 3.14. The largest absolute Gasteiger partial charge is 0.390 e. The molecule has 6 heteroatoms.